The quantitative estimate of drug-likeness (QED) is 0.395. The molecule has 0 bridgehead atoms. The highest BCUT2D eigenvalue weighted by Crippen LogP contribution is 2.40. The van der Waals surface area contributed by atoms with Gasteiger partial charge in [0.1, 0.15) is 17.7 Å². The van der Waals surface area contributed by atoms with Gasteiger partial charge in [0.15, 0.2) is 0 Å². The van der Waals surface area contributed by atoms with Crippen LogP contribution in [-0.2, 0) is 0 Å². The summed E-state index contributed by atoms with van der Waals surface area (Å²) in [7, 11) is 0. The topological polar surface area (TPSA) is 70.9 Å². The number of nitrogens with zero attached hydrogens (tertiary/aromatic N) is 2. The number of aryl methyl sites for hydroxylation is 1. The number of halogens is 1. The maximum atomic E-state index is 8.54. The molecule has 1 aromatic carbocycles. The van der Waals surface area contributed by atoms with Crippen LogP contribution >= 0.6 is 28.4 Å². The van der Waals surface area contributed by atoms with Gasteiger partial charge in [-0.15, -0.1) is 0 Å². The van der Waals surface area contributed by atoms with Crippen molar-refractivity contribution in [3.05, 3.63) is 47.5 Å². The molecule has 0 spiro atoms. The van der Waals surface area contributed by atoms with Crippen LogP contribution in [0.3, 0.4) is 0 Å². The zero-order chi connectivity index (χ0) is 16.4. The third-order valence-corrected chi connectivity index (χ3v) is 4.99. The molecule has 5 nitrogen and oxygen atoms in total. The number of hydrogen-bond donors (Lipinski definition) is 2. The lowest BCUT2D eigenvalue weighted by atomic mass is 10.0. The summed E-state index contributed by atoms with van der Waals surface area (Å²) in [4.78, 5) is 8.33. The van der Waals surface area contributed by atoms with Crippen LogP contribution in [0, 0.1) is 12.3 Å². The number of rotatable bonds is 6. The Morgan fingerprint density at radius 2 is 2.13 bits per heavy atom. The zero-order valence-electron chi connectivity index (χ0n) is 13.0. The summed E-state index contributed by atoms with van der Waals surface area (Å²) in [5, 5.41) is 11.9. The molecule has 0 aliphatic heterocycles. The lowest BCUT2D eigenvalue weighted by Crippen LogP contribution is -2.13. The molecule has 3 rings (SSSR count). The van der Waals surface area contributed by atoms with Crippen LogP contribution in [0.5, 0.6) is 5.75 Å². The second-order valence-corrected chi connectivity index (χ2v) is 7.96. The molecule has 1 aromatic heterocycles. The zero-order valence-corrected chi connectivity index (χ0v) is 16.1. The number of benzene rings is 1. The van der Waals surface area contributed by atoms with Gasteiger partial charge < -0.3 is 9.82 Å². The van der Waals surface area contributed by atoms with Gasteiger partial charge in [-0.1, -0.05) is 0 Å². The minimum Gasteiger partial charge on any atom is -0.488 e. The first-order valence-corrected chi connectivity index (χ1v) is 11.4. The number of anilines is 1. The van der Waals surface area contributed by atoms with E-state index < -0.39 is 0 Å². The molecule has 23 heavy (non-hydrogen) atoms. The molecule has 120 valence electrons. The van der Waals surface area contributed by atoms with Crippen LogP contribution < -0.4 is 9.82 Å². The van der Waals surface area contributed by atoms with Gasteiger partial charge >= 0.3 is 0 Å². The SMILES string of the molecule is Cc1cc(C(=N)c2cc(OC3(C)CC3)ccc2NPI)ncn1. The lowest BCUT2D eigenvalue weighted by Gasteiger charge is -2.17. The molecule has 1 fully saturated rings. The summed E-state index contributed by atoms with van der Waals surface area (Å²) in [5.74, 6) is 0.804. The fourth-order valence-corrected chi connectivity index (χ4v) is 3.44. The summed E-state index contributed by atoms with van der Waals surface area (Å²) in [6.45, 7) is 4.02. The summed E-state index contributed by atoms with van der Waals surface area (Å²) < 4.78 is 6.04. The van der Waals surface area contributed by atoms with Crippen molar-refractivity contribution in [1.29, 1.82) is 5.41 Å². The van der Waals surface area contributed by atoms with Crippen LogP contribution in [0.25, 0.3) is 0 Å². The average molecular weight is 440 g/mol. The van der Waals surface area contributed by atoms with Gasteiger partial charge in [0, 0.05) is 23.3 Å². The van der Waals surface area contributed by atoms with Gasteiger partial charge in [-0.2, -0.15) is 0 Å². The van der Waals surface area contributed by atoms with Crippen molar-refractivity contribution in [1.82, 2.24) is 9.97 Å². The number of nitrogens with one attached hydrogen (secondary N) is 2. The van der Waals surface area contributed by atoms with Crippen molar-refractivity contribution in [2.75, 3.05) is 5.09 Å². The smallest absolute Gasteiger partial charge is 0.120 e. The van der Waals surface area contributed by atoms with E-state index in [0.717, 1.165) is 35.5 Å². The Morgan fingerprint density at radius 3 is 2.78 bits per heavy atom. The molecule has 2 aromatic rings. The largest absolute Gasteiger partial charge is 0.488 e. The predicted molar refractivity (Wildman–Crippen MR) is 103 cm³/mol. The third kappa shape index (κ3) is 3.98. The molecule has 1 aliphatic rings. The lowest BCUT2D eigenvalue weighted by molar-refractivity contribution is 0.200. The standard InChI is InChI=1S/C16H18IN4OP/c1-10-7-14(20-9-19-10)15(18)12-8-11(22-16(2)5-6-16)3-4-13(12)21-23-17/h3-4,7-9,18,21,23H,5-6H2,1-2H3. The summed E-state index contributed by atoms with van der Waals surface area (Å²) >= 11 is 2.28. The van der Waals surface area contributed by atoms with E-state index in [-0.39, 0.29) is 5.60 Å². The van der Waals surface area contributed by atoms with Crippen molar-refractivity contribution < 1.29 is 4.74 Å². The predicted octanol–water partition coefficient (Wildman–Crippen LogP) is 4.49. The second kappa shape index (κ2) is 6.69. The van der Waals surface area contributed by atoms with Crippen molar-refractivity contribution in [3.63, 3.8) is 0 Å². The Labute approximate surface area is 150 Å². The molecule has 7 heteroatoms. The maximum absolute atomic E-state index is 8.54. The monoisotopic (exact) mass is 440 g/mol. The van der Waals surface area contributed by atoms with E-state index in [1.807, 2.05) is 31.2 Å². The number of hydrogen-bond acceptors (Lipinski definition) is 5. The molecular weight excluding hydrogens is 422 g/mol. The minimum absolute atomic E-state index is 0.0368. The Morgan fingerprint density at radius 1 is 1.35 bits per heavy atom. The summed E-state index contributed by atoms with van der Waals surface area (Å²) in [6.07, 6.45) is 4.19. The van der Waals surface area contributed by atoms with E-state index in [1.54, 1.807) is 0 Å². The van der Waals surface area contributed by atoms with Crippen LogP contribution in [0.15, 0.2) is 30.6 Å². The Balaban J connectivity index is 1.96. The third-order valence-electron chi connectivity index (χ3n) is 3.82. The van der Waals surface area contributed by atoms with Gasteiger partial charge in [0.05, 0.1) is 11.4 Å². The normalized spacial score (nSPS) is 15.6. The molecule has 0 radical (unpaired) electrons. The molecule has 1 aliphatic carbocycles. The Bertz CT molecular complexity index is 749. The molecule has 1 saturated carbocycles. The van der Waals surface area contributed by atoms with Gasteiger partial charge in [0.25, 0.3) is 0 Å². The Kier molecular flexibility index (Phi) is 4.82. The highest BCUT2D eigenvalue weighted by molar-refractivity contribution is 14.2. The van der Waals surface area contributed by atoms with Gasteiger partial charge in [0.2, 0.25) is 0 Å². The highest BCUT2D eigenvalue weighted by atomic mass is 127. The molecule has 0 amide bonds. The molecule has 1 atom stereocenters. The van der Waals surface area contributed by atoms with Gasteiger partial charge in [-0.3, -0.25) is 5.41 Å². The molecule has 1 unspecified atom stereocenters. The van der Waals surface area contributed by atoms with Crippen LogP contribution in [-0.4, -0.2) is 21.3 Å². The fourth-order valence-electron chi connectivity index (χ4n) is 2.25. The van der Waals surface area contributed by atoms with E-state index in [2.05, 4.69) is 44.0 Å². The minimum atomic E-state index is -0.0368. The maximum Gasteiger partial charge on any atom is 0.120 e. The highest BCUT2D eigenvalue weighted by Gasteiger charge is 2.40. The number of ether oxygens (including phenoxy) is 1. The average Bonchev–Trinajstić information content (AvgIpc) is 3.25. The van der Waals surface area contributed by atoms with E-state index in [1.165, 1.54) is 6.33 Å². The first-order valence-electron chi connectivity index (χ1n) is 7.33. The van der Waals surface area contributed by atoms with Crippen LogP contribution in [0.2, 0.25) is 0 Å². The van der Waals surface area contributed by atoms with Crippen molar-refractivity contribution >= 4 is 39.8 Å². The summed E-state index contributed by atoms with van der Waals surface area (Å²) in [5.41, 5.74) is 3.53. The van der Waals surface area contributed by atoms with E-state index in [4.69, 9.17) is 10.1 Å². The molecular formula is C16H18IN4OP. The first-order chi connectivity index (χ1) is 11.0. The van der Waals surface area contributed by atoms with Crippen molar-refractivity contribution in [2.24, 2.45) is 0 Å². The van der Waals surface area contributed by atoms with E-state index >= 15 is 0 Å². The number of aromatic nitrogens is 2. The molecule has 1 heterocycles. The summed E-state index contributed by atoms with van der Waals surface area (Å²) in [6, 6.07) is 7.70. The van der Waals surface area contributed by atoms with Crippen LogP contribution in [0.4, 0.5) is 5.69 Å². The van der Waals surface area contributed by atoms with E-state index in [0.29, 0.717) is 17.8 Å². The van der Waals surface area contributed by atoms with E-state index in [9.17, 15) is 0 Å². The van der Waals surface area contributed by atoms with Gasteiger partial charge in [-0.05, 0) is 73.0 Å². The van der Waals surface area contributed by atoms with Crippen LogP contribution in [0.1, 0.15) is 36.7 Å². The van der Waals surface area contributed by atoms with Gasteiger partial charge in [-0.25, -0.2) is 9.97 Å². The Hall–Kier alpha value is -1.27. The molecule has 0 saturated heterocycles. The fraction of sp³-hybridized carbons (Fsp3) is 0.312. The molecule has 2 N–H and O–H groups in total. The van der Waals surface area contributed by atoms with Crippen molar-refractivity contribution in [2.45, 2.75) is 32.3 Å². The first kappa shape index (κ1) is 16.6. The second-order valence-electron chi connectivity index (χ2n) is 5.90. The van der Waals surface area contributed by atoms with Crippen molar-refractivity contribution in [3.8, 4) is 5.75 Å².